The molecule has 26 heavy (non-hydrogen) atoms. The van der Waals surface area contributed by atoms with Crippen LogP contribution in [0.15, 0.2) is 30.5 Å². The highest BCUT2D eigenvalue weighted by Gasteiger charge is 2.32. The van der Waals surface area contributed by atoms with Gasteiger partial charge in [0.15, 0.2) is 5.78 Å². The van der Waals surface area contributed by atoms with E-state index in [1.165, 1.54) is 13.0 Å². The van der Waals surface area contributed by atoms with Gasteiger partial charge in [0, 0.05) is 35.5 Å². The number of nitrogen functional groups attached to an aromatic ring is 1. The van der Waals surface area contributed by atoms with Crippen molar-refractivity contribution in [3.05, 3.63) is 41.8 Å². The molecule has 0 spiro atoms. The van der Waals surface area contributed by atoms with Gasteiger partial charge < -0.3 is 16.8 Å². The van der Waals surface area contributed by atoms with Crippen molar-refractivity contribution in [3.63, 3.8) is 0 Å². The summed E-state index contributed by atoms with van der Waals surface area (Å²) in [4.78, 5) is 26.9. The van der Waals surface area contributed by atoms with Crippen molar-refractivity contribution in [1.29, 1.82) is 0 Å². The Morgan fingerprint density at radius 3 is 2.58 bits per heavy atom. The fraction of sp³-hybridized carbons (Fsp3) is 0.316. The van der Waals surface area contributed by atoms with E-state index in [-0.39, 0.29) is 28.6 Å². The maximum absolute atomic E-state index is 14.6. The van der Waals surface area contributed by atoms with E-state index >= 15 is 0 Å². The number of benzene rings is 1. The zero-order chi connectivity index (χ0) is 18.8. The van der Waals surface area contributed by atoms with Gasteiger partial charge in [0.25, 0.3) is 0 Å². The number of aromatic nitrogens is 1. The topological polar surface area (TPSA) is 111 Å². The van der Waals surface area contributed by atoms with Crippen molar-refractivity contribution in [3.8, 4) is 11.1 Å². The van der Waals surface area contributed by atoms with Crippen molar-refractivity contribution in [1.82, 2.24) is 4.98 Å². The Balaban J connectivity index is 1.68. The van der Waals surface area contributed by atoms with E-state index < -0.39 is 11.6 Å². The van der Waals surface area contributed by atoms with E-state index in [2.05, 4.69) is 10.3 Å². The number of amides is 1. The van der Waals surface area contributed by atoms with Gasteiger partial charge in [-0.2, -0.15) is 0 Å². The molecule has 1 fully saturated rings. The second-order valence-electron chi connectivity index (χ2n) is 6.70. The molecule has 136 valence electrons. The van der Waals surface area contributed by atoms with Crippen LogP contribution in [-0.2, 0) is 4.79 Å². The largest absolute Gasteiger partial charge is 0.398 e. The molecule has 1 aliphatic carbocycles. The molecule has 0 unspecified atom stereocenters. The highest BCUT2D eigenvalue weighted by molar-refractivity contribution is 6.00. The number of carbonyl (C=O) groups excluding carboxylic acids is 2. The lowest BCUT2D eigenvalue weighted by Crippen LogP contribution is -2.38. The van der Waals surface area contributed by atoms with E-state index in [0.29, 0.717) is 23.8 Å². The second kappa shape index (κ2) is 7.11. The van der Waals surface area contributed by atoms with Crippen LogP contribution in [0.25, 0.3) is 11.1 Å². The smallest absolute Gasteiger partial charge is 0.220 e. The van der Waals surface area contributed by atoms with Gasteiger partial charge in [-0.05, 0) is 49.9 Å². The normalized spacial score (nSPS) is 18.8. The van der Waals surface area contributed by atoms with Gasteiger partial charge in [-0.1, -0.05) is 0 Å². The molecule has 0 saturated heterocycles. The minimum atomic E-state index is -0.632. The van der Waals surface area contributed by atoms with Crippen molar-refractivity contribution < 1.29 is 14.0 Å². The number of anilines is 2. The van der Waals surface area contributed by atoms with Gasteiger partial charge in [-0.15, -0.1) is 0 Å². The van der Waals surface area contributed by atoms with Gasteiger partial charge in [-0.25, -0.2) is 9.37 Å². The molecule has 3 rings (SSSR count). The molecule has 0 aliphatic heterocycles. The maximum atomic E-state index is 14.6. The number of pyridine rings is 1. The second-order valence-corrected chi connectivity index (χ2v) is 6.70. The number of nitrogens with zero attached hydrogens (tertiary/aromatic N) is 1. The summed E-state index contributed by atoms with van der Waals surface area (Å²) in [6.07, 6.45) is 3.14. The number of hydrogen-bond donors (Lipinski definition) is 3. The minimum Gasteiger partial charge on any atom is -0.398 e. The fourth-order valence-electron chi connectivity index (χ4n) is 3.21. The summed E-state index contributed by atoms with van der Waals surface area (Å²) in [5.74, 6) is -0.226. The number of hydrogen-bond acceptors (Lipinski definition) is 5. The molecule has 6 nitrogen and oxygen atoms in total. The lowest BCUT2D eigenvalue weighted by Gasteiger charge is -2.33. The third-order valence-corrected chi connectivity index (χ3v) is 4.81. The number of primary amides is 1. The van der Waals surface area contributed by atoms with Crippen molar-refractivity contribution in [2.75, 3.05) is 17.6 Å². The van der Waals surface area contributed by atoms with Crippen LogP contribution < -0.4 is 16.8 Å². The first kappa shape index (κ1) is 17.8. The number of rotatable bonds is 6. The first-order valence-corrected chi connectivity index (χ1v) is 8.45. The number of ketones is 1. The molecule has 1 aromatic heterocycles. The van der Waals surface area contributed by atoms with Gasteiger partial charge in [-0.3, -0.25) is 9.59 Å². The molecule has 1 aliphatic rings. The van der Waals surface area contributed by atoms with E-state index in [0.717, 1.165) is 12.8 Å². The third-order valence-electron chi connectivity index (χ3n) is 4.81. The van der Waals surface area contributed by atoms with Crippen LogP contribution in [0.1, 0.15) is 30.1 Å². The van der Waals surface area contributed by atoms with Crippen LogP contribution in [0.5, 0.6) is 0 Å². The lowest BCUT2D eigenvalue weighted by atomic mass is 9.74. The monoisotopic (exact) mass is 356 g/mol. The predicted octanol–water partition coefficient (Wildman–Crippen LogP) is 2.60. The number of carbonyl (C=O) groups is 2. The summed E-state index contributed by atoms with van der Waals surface area (Å²) in [6, 6.07) is 6.55. The van der Waals surface area contributed by atoms with Gasteiger partial charge in [0.2, 0.25) is 5.91 Å². The highest BCUT2D eigenvalue weighted by atomic mass is 19.1. The highest BCUT2D eigenvalue weighted by Crippen LogP contribution is 2.33. The Hall–Kier alpha value is -2.96. The summed E-state index contributed by atoms with van der Waals surface area (Å²) < 4.78 is 14.6. The van der Waals surface area contributed by atoms with E-state index in [4.69, 9.17) is 11.5 Å². The van der Waals surface area contributed by atoms with Crippen LogP contribution >= 0.6 is 0 Å². The van der Waals surface area contributed by atoms with Crippen molar-refractivity contribution in [2.24, 2.45) is 17.6 Å². The summed E-state index contributed by atoms with van der Waals surface area (Å²) in [7, 11) is 0. The van der Waals surface area contributed by atoms with Crippen molar-refractivity contribution in [2.45, 2.75) is 19.8 Å². The molecular weight excluding hydrogens is 335 g/mol. The van der Waals surface area contributed by atoms with Crippen LogP contribution in [-0.4, -0.2) is 23.2 Å². The van der Waals surface area contributed by atoms with Gasteiger partial charge in [0.05, 0.1) is 5.56 Å². The number of nitrogens with one attached hydrogen (secondary N) is 1. The molecule has 1 amide bonds. The maximum Gasteiger partial charge on any atom is 0.220 e. The molecule has 1 heterocycles. The molecule has 0 radical (unpaired) electrons. The van der Waals surface area contributed by atoms with E-state index in [9.17, 15) is 14.0 Å². The number of Topliss-reactive ketones (excluding diaryl/α,β-unsaturated/α-hetero) is 1. The Bertz CT molecular complexity index is 845. The van der Waals surface area contributed by atoms with Gasteiger partial charge >= 0.3 is 0 Å². The van der Waals surface area contributed by atoms with Crippen LogP contribution in [0.2, 0.25) is 0 Å². The standard InChI is InChI=1S/C19H21FN4O2/c1-10(25)17-15(21)4-3-14(18(17)20)12-2-5-16(24-9-12)23-8-11-6-13(7-11)19(22)26/h2-5,9,11,13H,6-8,21H2,1H3,(H2,22,26)(H,23,24). The molecule has 2 aromatic rings. The summed E-state index contributed by atoms with van der Waals surface area (Å²) in [5.41, 5.74) is 11.8. The van der Waals surface area contributed by atoms with Gasteiger partial charge in [0.1, 0.15) is 11.6 Å². The van der Waals surface area contributed by atoms with E-state index in [1.807, 2.05) is 0 Å². The lowest BCUT2D eigenvalue weighted by molar-refractivity contribution is -0.125. The number of halogens is 1. The molecule has 1 aromatic carbocycles. The quantitative estimate of drug-likeness (QED) is 0.544. The predicted molar refractivity (Wildman–Crippen MR) is 97.9 cm³/mol. The first-order valence-electron chi connectivity index (χ1n) is 8.45. The Labute approximate surface area is 150 Å². The summed E-state index contributed by atoms with van der Waals surface area (Å²) >= 11 is 0. The molecular formula is C19H21FN4O2. The molecule has 0 atom stereocenters. The molecule has 5 N–H and O–H groups in total. The Morgan fingerprint density at radius 2 is 2.00 bits per heavy atom. The average molecular weight is 356 g/mol. The average Bonchev–Trinajstić information content (AvgIpc) is 2.53. The zero-order valence-corrected chi connectivity index (χ0v) is 14.5. The third kappa shape index (κ3) is 3.51. The summed E-state index contributed by atoms with van der Waals surface area (Å²) in [6.45, 7) is 1.99. The van der Waals surface area contributed by atoms with Crippen molar-refractivity contribution >= 4 is 23.2 Å². The summed E-state index contributed by atoms with van der Waals surface area (Å²) in [5, 5.41) is 3.21. The Kier molecular flexibility index (Phi) is 4.88. The molecule has 7 heteroatoms. The number of nitrogens with two attached hydrogens (primary N) is 2. The fourth-order valence-corrected chi connectivity index (χ4v) is 3.21. The SMILES string of the molecule is CC(=O)c1c(N)ccc(-c2ccc(NCC3CC(C(N)=O)C3)nc2)c1F. The Morgan fingerprint density at radius 1 is 1.27 bits per heavy atom. The van der Waals surface area contributed by atoms with Crippen LogP contribution in [0.3, 0.4) is 0 Å². The minimum absolute atomic E-state index is 0.0129. The van der Waals surface area contributed by atoms with Crippen LogP contribution in [0, 0.1) is 17.7 Å². The van der Waals surface area contributed by atoms with E-state index in [1.54, 1.807) is 24.4 Å². The first-order chi connectivity index (χ1) is 12.4. The zero-order valence-electron chi connectivity index (χ0n) is 14.5. The molecule has 0 bridgehead atoms. The van der Waals surface area contributed by atoms with Crippen LogP contribution in [0.4, 0.5) is 15.9 Å². The molecule has 1 saturated carbocycles.